The van der Waals surface area contributed by atoms with Gasteiger partial charge in [0.2, 0.25) is 0 Å². The van der Waals surface area contributed by atoms with Crippen molar-refractivity contribution in [1.82, 2.24) is 14.9 Å². The van der Waals surface area contributed by atoms with Crippen LogP contribution in [0.5, 0.6) is 0 Å². The van der Waals surface area contributed by atoms with E-state index in [1.807, 2.05) is 0 Å². The summed E-state index contributed by atoms with van der Waals surface area (Å²) in [6, 6.07) is 0. The minimum Gasteiger partial charge on any atom is -0.379 e. The van der Waals surface area contributed by atoms with Gasteiger partial charge in [-0.3, -0.25) is 4.90 Å². The van der Waals surface area contributed by atoms with E-state index in [1.54, 1.807) is 23.1 Å². The van der Waals surface area contributed by atoms with E-state index in [-0.39, 0.29) is 5.60 Å². The molecule has 8 heteroatoms. The van der Waals surface area contributed by atoms with Gasteiger partial charge in [-0.2, -0.15) is 0 Å². The Bertz CT molecular complexity index is 851. The highest BCUT2D eigenvalue weighted by molar-refractivity contribution is 7.99. The Labute approximate surface area is 181 Å². The topological polar surface area (TPSA) is 59.5 Å². The fourth-order valence-electron chi connectivity index (χ4n) is 3.83. The number of thiophene rings is 1. The number of nitrogens with one attached hydrogen (secondary N) is 1. The second kappa shape index (κ2) is 9.06. The highest BCUT2D eigenvalue weighted by Crippen LogP contribution is 2.42. The first-order valence-electron chi connectivity index (χ1n) is 10.6. The van der Waals surface area contributed by atoms with Crippen LogP contribution in [0.1, 0.15) is 44.6 Å². The van der Waals surface area contributed by atoms with Crippen molar-refractivity contribution in [3.63, 3.8) is 0 Å². The maximum atomic E-state index is 6.18. The van der Waals surface area contributed by atoms with Crippen LogP contribution in [0.15, 0.2) is 5.16 Å². The number of anilines is 1. The van der Waals surface area contributed by atoms with Gasteiger partial charge in [0.1, 0.15) is 10.6 Å². The lowest BCUT2D eigenvalue weighted by Crippen LogP contribution is -2.39. The van der Waals surface area contributed by atoms with Gasteiger partial charge in [0.25, 0.3) is 0 Å². The lowest BCUT2D eigenvalue weighted by Gasteiger charge is -2.33. The van der Waals surface area contributed by atoms with Crippen molar-refractivity contribution in [1.29, 1.82) is 0 Å². The molecule has 4 rings (SSSR count). The molecule has 0 aromatic carbocycles. The summed E-state index contributed by atoms with van der Waals surface area (Å²) in [5.41, 5.74) is 1.29. The Morgan fingerprint density at radius 1 is 1.28 bits per heavy atom. The van der Waals surface area contributed by atoms with Crippen molar-refractivity contribution in [2.45, 2.75) is 63.2 Å². The van der Waals surface area contributed by atoms with Gasteiger partial charge in [0.05, 0.1) is 30.8 Å². The predicted molar refractivity (Wildman–Crippen MR) is 121 cm³/mol. The molecule has 1 saturated heterocycles. The number of aromatic nitrogens is 2. The molecular weight excluding hydrogens is 404 g/mol. The van der Waals surface area contributed by atoms with Gasteiger partial charge >= 0.3 is 0 Å². The molecule has 1 N–H and O–H groups in total. The Morgan fingerprint density at radius 3 is 2.79 bits per heavy atom. The van der Waals surface area contributed by atoms with E-state index in [1.165, 1.54) is 15.8 Å². The minimum atomic E-state index is -0.0998. The van der Waals surface area contributed by atoms with Crippen LogP contribution in [0.25, 0.3) is 10.2 Å². The minimum absolute atomic E-state index is 0.0998. The third-order valence-electron chi connectivity index (χ3n) is 5.73. The maximum Gasteiger partial charge on any atom is 0.191 e. The Kier molecular flexibility index (Phi) is 6.65. The van der Waals surface area contributed by atoms with Gasteiger partial charge in [0.15, 0.2) is 5.16 Å². The molecule has 0 unspecified atom stereocenters. The predicted octanol–water partition coefficient (Wildman–Crippen LogP) is 4.18. The first-order valence-corrected chi connectivity index (χ1v) is 12.3. The fraction of sp³-hybridized carbons (Fsp3) is 0.714. The fourth-order valence-corrected chi connectivity index (χ4v) is 5.70. The molecule has 0 bridgehead atoms. The molecule has 2 aromatic heterocycles. The van der Waals surface area contributed by atoms with E-state index in [2.05, 4.69) is 37.9 Å². The number of hydrogen-bond acceptors (Lipinski definition) is 8. The molecular formula is C21H32N4O2S2. The molecule has 0 amide bonds. The lowest BCUT2D eigenvalue weighted by molar-refractivity contribution is -0.0542. The number of nitrogens with zero attached hydrogens (tertiary/aromatic N) is 3. The quantitative estimate of drug-likeness (QED) is 0.516. The first-order chi connectivity index (χ1) is 14.0. The Hall–Kier alpha value is -0.930. The number of morpholine rings is 1. The Morgan fingerprint density at radius 2 is 2.07 bits per heavy atom. The SMILES string of the molecule is CC[C@]1(C)Cc2c(sc3nc(SC(C)C)nc(NCCN4CCOCC4)c23)CO1. The highest BCUT2D eigenvalue weighted by Gasteiger charge is 2.33. The van der Waals surface area contributed by atoms with Gasteiger partial charge < -0.3 is 14.8 Å². The molecule has 6 nitrogen and oxygen atoms in total. The largest absolute Gasteiger partial charge is 0.379 e. The number of ether oxygens (including phenoxy) is 2. The summed E-state index contributed by atoms with van der Waals surface area (Å²) in [4.78, 5) is 14.7. The normalized spacial score (nSPS) is 22.9. The van der Waals surface area contributed by atoms with Crippen LogP contribution < -0.4 is 5.32 Å². The molecule has 1 atom stereocenters. The summed E-state index contributed by atoms with van der Waals surface area (Å²) >= 11 is 3.50. The third-order valence-corrected chi connectivity index (χ3v) is 7.69. The van der Waals surface area contributed by atoms with Gasteiger partial charge in [-0.25, -0.2) is 9.97 Å². The molecule has 2 aliphatic rings. The molecule has 1 fully saturated rings. The molecule has 0 saturated carbocycles. The van der Waals surface area contributed by atoms with Gasteiger partial charge in [-0.05, 0) is 18.9 Å². The molecule has 0 radical (unpaired) electrons. The smallest absolute Gasteiger partial charge is 0.191 e. The monoisotopic (exact) mass is 436 g/mol. The lowest BCUT2D eigenvalue weighted by atomic mass is 9.90. The van der Waals surface area contributed by atoms with Gasteiger partial charge in [0, 0.05) is 42.7 Å². The zero-order chi connectivity index (χ0) is 20.4. The molecule has 0 aliphatic carbocycles. The second-order valence-electron chi connectivity index (χ2n) is 8.36. The molecule has 160 valence electrons. The van der Waals surface area contributed by atoms with E-state index in [0.29, 0.717) is 11.9 Å². The number of thioether (sulfide) groups is 1. The maximum absolute atomic E-state index is 6.18. The van der Waals surface area contributed by atoms with Crippen molar-refractivity contribution < 1.29 is 9.47 Å². The highest BCUT2D eigenvalue weighted by atomic mass is 32.2. The van der Waals surface area contributed by atoms with E-state index in [9.17, 15) is 0 Å². The van der Waals surface area contributed by atoms with Crippen LogP contribution in [0.3, 0.4) is 0 Å². The van der Waals surface area contributed by atoms with E-state index >= 15 is 0 Å². The summed E-state index contributed by atoms with van der Waals surface area (Å²) in [6.07, 6.45) is 1.93. The molecule has 2 aliphatic heterocycles. The van der Waals surface area contributed by atoms with Crippen molar-refractivity contribution in [2.24, 2.45) is 0 Å². The van der Waals surface area contributed by atoms with Gasteiger partial charge in [-0.1, -0.05) is 32.5 Å². The average Bonchev–Trinajstić information content (AvgIpc) is 3.05. The van der Waals surface area contributed by atoms with Crippen molar-refractivity contribution in [3.05, 3.63) is 10.4 Å². The van der Waals surface area contributed by atoms with Crippen LogP contribution in [-0.4, -0.2) is 65.1 Å². The summed E-state index contributed by atoms with van der Waals surface area (Å²) in [7, 11) is 0. The van der Waals surface area contributed by atoms with Crippen LogP contribution in [0, 0.1) is 0 Å². The summed E-state index contributed by atoms with van der Waals surface area (Å²) in [6.45, 7) is 15.0. The van der Waals surface area contributed by atoms with Crippen LogP contribution >= 0.6 is 23.1 Å². The summed E-state index contributed by atoms with van der Waals surface area (Å²) in [5.74, 6) is 0.990. The van der Waals surface area contributed by atoms with Crippen molar-refractivity contribution >= 4 is 39.1 Å². The number of fused-ring (bicyclic) bond motifs is 3. The van der Waals surface area contributed by atoms with Crippen molar-refractivity contribution in [3.8, 4) is 0 Å². The van der Waals surface area contributed by atoms with Gasteiger partial charge in [-0.15, -0.1) is 11.3 Å². The summed E-state index contributed by atoms with van der Waals surface area (Å²) in [5, 5.41) is 6.17. The van der Waals surface area contributed by atoms with E-state index in [4.69, 9.17) is 19.4 Å². The zero-order valence-electron chi connectivity index (χ0n) is 17.9. The molecule has 2 aromatic rings. The van der Waals surface area contributed by atoms with E-state index in [0.717, 1.165) is 68.0 Å². The molecule has 4 heterocycles. The molecule has 0 spiro atoms. The first kappa shape index (κ1) is 21.3. The van der Waals surface area contributed by atoms with E-state index < -0.39 is 0 Å². The molecule has 29 heavy (non-hydrogen) atoms. The number of hydrogen-bond donors (Lipinski definition) is 1. The van der Waals surface area contributed by atoms with Crippen LogP contribution in [0.4, 0.5) is 5.82 Å². The average molecular weight is 437 g/mol. The van der Waals surface area contributed by atoms with Crippen LogP contribution in [-0.2, 0) is 22.5 Å². The number of rotatable bonds is 7. The van der Waals surface area contributed by atoms with Crippen molar-refractivity contribution in [2.75, 3.05) is 44.7 Å². The standard InChI is InChI=1S/C21H32N4O2S2/c1-5-21(4)12-15-16(13-27-21)29-19-17(15)18(23-20(24-19)28-14(2)3)22-6-7-25-8-10-26-11-9-25/h14H,5-13H2,1-4H3,(H,22,23,24)/t21-/m1/s1. The zero-order valence-corrected chi connectivity index (χ0v) is 19.5. The summed E-state index contributed by atoms with van der Waals surface area (Å²) < 4.78 is 11.6. The Balaban J connectivity index is 1.63. The third kappa shape index (κ3) is 4.88. The second-order valence-corrected chi connectivity index (χ2v) is 11.0. The van der Waals surface area contributed by atoms with Crippen LogP contribution in [0.2, 0.25) is 0 Å².